The predicted molar refractivity (Wildman–Crippen MR) is 78.8 cm³/mol. The van der Waals surface area contributed by atoms with Crippen LogP contribution < -0.4 is 4.74 Å². The highest BCUT2D eigenvalue weighted by Gasteiger charge is 2.33. The first kappa shape index (κ1) is 13.0. The van der Waals surface area contributed by atoms with Gasteiger partial charge in [-0.15, -0.1) is 0 Å². The molecule has 1 aliphatic carbocycles. The first-order valence-electron chi connectivity index (χ1n) is 6.89. The van der Waals surface area contributed by atoms with Crippen molar-refractivity contribution in [3.05, 3.63) is 47.8 Å². The summed E-state index contributed by atoms with van der Waals surface area (Å²) in [6.45, 7) is 4.29. The smallest absolute Gasteiger partial charge is 0.165 e. The van der Waals surface area contributed by atoms with Gasteiger partial charge >= 0.3 is 0 Å². The number of ether oxygens (including phenoxy) is 1. The zero-order valence-corrected chi connectivity index (χ0v) is 12.1. The van der Waals surface area contributed by atoms with Gasteiger partial charge in [-0.25, -0.2) is 0 Å². The van der Waals surface area contributed by atoms with E-state index in [0.29, 0.717) is 6.42 Å². The van der Waals surface area contributed by atoms with E-state index >= 15 is 0 Å². The number of nitrogens with zero attached hydrogens (tertiary/aromatic N) is 1. The highest BCUT2D eigenvalue weighted by molar-refractivity contribution is 5.99. The molecular weight excluding hydrogens is 250 g/mol. The number of carbonyl (C=O) groups excluding carboxylic acids is 1. The number of hydrogen-bond donors (Lipinski definition) is 0. The quantitative estimate of drug-likeness (QED) is 0.833. The van der Waals surface area contributed by atoms with E-state index < -0.39 is 0 Å². The molecule has 0 aliphatic heterocycles. The zero-order chi connectivity index (χ0) is 14.3. The summed E-state index contributed by atoms with van der Waals surface area (Å²) in [5.41, 5.74) is 2.95. The van der Waals surface area contributed by atoms with Crippen LogP contribution in [0.4, 0.5) is 0 Å². The molecule has 3 heteroatoms. The lowest BCUT2D eigenvalue weighted by molar-refractivity contribution is 0.0911. The van der Waals surface area contributed by atoms with Crippen molar-refractivity contribution < 1.29 is 9.53 Å². The summed E-state index contributed by atoms with van der Waals surface area (Å²) in [5, 5.41) is 0. The first-order chi connectivity index (χ1) is 9.52. The molecule has 0 fully saturated rings. The maximum Gasteiger partial charge on any atom is 0.165 e. The Hall–Kier alpha value is -2.03. The van der Waals surface area contributed by atoms with Crippen LogP contribution in [0.3, 0.4) is 0 Å². The molecule has 3 rings (SSSR count). The number of aromatic nitrogens is 1. The molecule has 1 aliphatic rings. The predicted octanol–water partition coefficient (Wildman–Crippen LogP) is 3.64. The molecule has 0 unspecified atom stereocenters. The van der Waals surface area contributed by atoms with Gasteiger partial charge in [0.25, 0.3) is 0 Å². The third-order valence-corrected chi connectivity index (χ3v) is 3.92. The van der Waals surface area contributed by atoms with Gasteiger partial charge in [-0.3, -0.25) is 4.79 Å². The Morgan fingerprint density at radius 3 is 2.65 bits per heavy atom. The minimum absolute atomic E-state index is 0.0161. The van der Waals surface area contributed by atoms with Crippen molar-refractivity contribution in [3.63, 3.8) is 0 Å². The number of para-hydroxylation sites is 2. The molecule has 0 radical (unpaired) electrons. The molecular formula is C17H19NO2. The highest BCUT2D eigenvalue weighted by atomic mass is 16.5. The summed E-state index contributed by atoms with van der Waals surface area (Å²) in [7, 11) is 1.67. The maximum absolute atomic E-state index is 12.3. The van der Waals surface area contributed by atoms with Crippen LogP contribution in [-0.2, 0) is 6.42 Å². The number of hydrogen-bond acceptors (Lipinski definition) is 2. The first-order valence-corrected chi connectivity index (χ1v) is 6.89. The number of rotatable bonds is 2. The Morgan fingerprint density at radius 1 is 1.15 bits per heavy atom. The van der Waals surface area contributed by atoms with Crippen molar-refractivity contribution in [2.75, 3.05) is 7.11 Å². The van der Waals surface area contributed by atoms with Gasteiger partial charge in [0, 0.05) is 23.9 Å². The number of methoxy groups -OCH3 is 1. The normalized spacial score (nSPS) is 16.9. The van der Waals surface area contributed by atoms with E-state index in [2.05, 4.69) is 18.4 Å². The molecule has 3 nitrogen and oxygen atoms in total. The summed E-state index contributed by atoms with van der Waals surface area (Å²) >= 11 is 0. The van der Waals surface area contributed by atoms with Crippen LogP contribution in [0.2, 0.25) is 0 Å². The van der Waals surface area contributed by atoms with Crippen molar-refractivity contribution in [1.82, 2.24) is 4.57 Å². The average molecular weight is 269 g/mol. The van der Waals surface area contributed by atoms with E-state index in [1.54, 1.807) is 7.11 Å². The zero-order valence-electron chi connectivity index (χ0n) is 12.1. The third-order valence-electron chi connectivity index (χ3n) is 3.92. The van der Waals surface area contributed by atoms with Gasteiger partial charge < -0.3 is 9.30 Å². The van der Waals surface area contributed by atoms with Crippen molar-refractivity contribution >= 4 is 5.78 Å². The molecule has 0 saturated heterocycles. The monoisotopic (exact) mass is 269 g/mol. The molecule has 0 atom stereocenters. The van der Waals surface area contributed by atoms with Crippen molar-refractivity contribution in [2.45, 2.75) is 26.7 Å². The molecule has 0 spiro atoms. The van der Waals surface area contributed by atoms with Crippen molar-refractivity contribution in [1.29, 1.82) is 0 Å². The topological polar surface area (TPSA) is 31.2 Å². The fourth-order valence-corrected chi connectivity index (χ4v) is 3.00. The van der Waals surface area contributed by atoms with Crippen LogP contribution in [0.25, 0.3) is 5.69 Å². The molecule has 0 saturated carbocycles. The molecule has 0 amide bonds. The van der Waals surface area contributed by atoms with Gasteiger partial charge in [0.2, 0.25) is 0 Å². The lowest BCUT2D eigenvalue weighted by atomic mass is 9.76. The standard InChI is InChI=1S/C17H19NO2/c1-17(2)10-14-12(15(19)11-17)8-9-18(14)13-6-4-5-7-16(13)20-3/h4-9H,10-11H2,1-3H3. The lowest BCUT2D eigenvalue weighted by Gasteiger charge is -2.29. The van der Waals surface area contributed by atoms with Crippen LogP contribution in [-0.4, -0.2) is 17.5 Å². The van der Waals surface area contributed by atoms with Crippen molar-refractivity contribution in [3.8, 4) is 11.4 Å². The van der Waals surface area contributed by atoms with Gasteiger partial charge in [0.1, 0.15) is 5.75 Å². The summed E-state index contributed by atoms with van der Waals surface area (Å²) in [6, 6.07) is 9.83. The summed E-state index contributed by atoms with van der Waals surface area (Å²) in [4.78, 5) is 12.3. The molecule has 1 heterocycles. The molecule has 1 aromatic carbocycles. The molecule has 1 aromatic heterocycles. The Balaban J connectivity index is 2.16. The molecule has 2 aromatic rings. The average Bonchev–Trinajstić information content (AvgIpc) is 2.81. The Morgan fingerprint density at radius 2 is 1.90 bits per heavy atom. The van der Waals surface area contributed by atoms with Gasteiger partial charge in [-0.1, -0.05) is 26.0 Å². The van der Waals surface area contributed by atoms with Crippen LogP contribution >= 0.6 is 0 Å². The van der Waals surface area contributed by atoms with E-state index in [1.807, 2.05) is 36.5 Å². The van der Waals surface area contributed by atoms with Gasteiger partial charge in [0.15, 0.2) is 5.78 Å². The van der Waals surface area contributed by atoms with E-state index in [1.165, 1.54) is 0 Å². The number of benzene rings is 1. The van der Waals surface area contributed by atoms with E-state index in [4.69, 9.17) is 4.74 Å². The maximum atomic E-state index is 12.3. The largest absolute Gasteiger partial charge is 0.495 e. The fourth-order valence-electron chi connectivity index (χ4n) is 3.00. The van der Waals surface area contributed by atoms with Crippen LogP contribution in [0.15, 0.2) is 36.5 Å². The Kier molecular flexibility index (Phi) is 2.93. The molecule has 0 bridgehead atoms. The highest BCUT2D eigenvalue weighted by Crippen LogP contribution is 2.37. The second-order valence-electron chi connectivity index (χ2n) is 6.16. The summed E-state index contributed by atoms with van der Waals surface area (Å²) in [6.07, 6.45) is 3.50. The second kappa shape index (κ2) is 4.51. The van der Waals surface area contributed by atoms with E-state index in [0.717, 1.165) is 29.1 Å². The lowest BCUT2D eigenvalue weighted by Crippen LogP contribution is -2.27. The third kappa shape index (κ3) is 2.03. The number of ketones is 1. The molecule has 0 N–H and O–H groups in total. The van der Waals surface area contributed by atoms with Gasteiger partial charge in [-0.2, -0.15) is 0 Å². The van der Waals surface area contributed by atoms with E-state index in [-0.39, 0.29) is 11.2 Å². The minimum atomic E-state index is 0.0161. The van der Waals surface area contributed by atoms with Gasteiger partial charge in [-0.05, 0) is 30.0 Å². The second-order valence-corrected chi connectivity index (χ2v) is 6.16. The fraction of sp³-hybridized carbons (Fsp3) is 0.353. The molecule has 104 valence electrons. The molecule has 20 heavy (non-hydrogen) atoms. The van der Waals surface area contributed by atoms with Crippen LogP contribution in [0, 0.1) is 5.41 Å². The van der Waals surface area contributed by atoms with E-state index in [9.17, 15) is 4.79 Å². The number of Topliss-reactive ketones (excluding diaryl/α,β-unsaturated/α-hetero) is 1. The summed E-state index contributed by atoms with van der Waals surface area (Å²) < 4.78 is 7.52. The minimum Gasteiger partial charge on any atom is -0.495 e. The number of carbonyl (C=O) groups is 1. The summed E-state index contributed by atoms with van der Waals surface area (Å²) in [5.74, 6) is 1.06. The van der Waals surface area contributed by atoms with Crippen molar-refractivity contribution in [2.24, 2.45) is 5.41 Å². The van der Waals surface area contributed by atoms with Crippen LogP contribution in [0.1, 0.15) is 36.3 Å². The Labute approximate surface area is 119 Å². The number of fused-ring (bicyclic) bond motifs is 1. The SMILES string of the molecule is COc1ccccc1-n1ccc2c1CC(C)(C)CC2=O. The van der Waals surface area contributed by atoms with Crippen LogP contribution in [0.5, 0.6) is 5.75 Å². The Bertz CT molecular complexity index is 667. The van der Waals surface area contributed by atoms with Gasteiger partial charge in [0.05, 0.1) is 12.8 Å².